The fourth-order valence-corrected chi connectivity index (χ4v) is 1.70. The Morgan fingerprint density at radius 1 is 1.53 bits per heavy atom. The van der Waals surface area contributed by atoms with Crippen LogP contribution in [0.1, 0.15) is 16.1 Å². The predicted molar refractivity (Wildman–Crippen MR) is 53.8 cm³/mol. The van der Waals surface area contributed by atoms with E-state index >= 15 is 0 Å². The van der Waals surface area contributed by atoms with Crippen molar-refractivity contribution >= 4 is 5.97 Å². The summed E-state index contributed by atoms with van der Waals surface area (Å²) in [6.07, 6.45) is 1.52. The fourth-order valence-electron chi connectivity index (χ4n) is 1.70. The highest BCUT2D eigenvalue weighted by Crippen LogP contribution is 2.10. The van der Waals surface area contributed by atoms with Crippen LogP contribution >= 0.6 is 0 Å². The molecule has 2 N–H and O–H groups in total. The van der Waals surface area contributed by atoms with E-state index < -0.39 is 5.97 Å². The number of hydrogen-bond donors (Lipinski definition) is 2. The van der Waals surface area contributed by atoms with E-state index in [1.165, 1.54) is 6.26 Å². The molecule has 1 aliphatic heterocycles. The van der Waals surface area contributed by atoms with Crippen LogP contribution in [0.25, 0.3) is 0 Å². The predicted octanol–water partition coefficient (Wildman–Crippen LogP) is 0.383. The molecule has 5 nitrogen and oxygen atoms in total. The van der Waals surface area contributed by atoms with E-state index in [9.17, 15) is 4.79 Å². The second-order valence-corrected chi connectivity index (χ2v) is 3.65. The standard InChI is InChI=1S/C10H14N2O3/c13-10(14)9-5-8(7-15-9)6-12-3-1-11-2-4-12/h5,7,11H,1-4,6H2,(H,13,14). The molecule has 1 aliphatic rings. The molecule has 2 rings (SSSR count). The van der Waals surface area contributed by atoms with Gasteiger partial charge >= 0.3 is 5.97 Å². The largest absolute Gasteiger partial charge is 0.475 e. The van der Waals surface area contributed by atoms with Crippen LogP contribution in [0.3, 0.4) is 0 Å². The molecule has 1 aromatic heterocycles. The van der Waals surface area contributed by atoms with Gasteiger partial charge in [0.25, 0.3) is 0 Å². The number of piperazine rings is 1. The Labute approximate surface area is 87.7 Å². The van der Waals surface area contributed by atoms with Crippen LogP contribution in [-0.4, -0.2) is 42.2 Å². The lowest BCUT2D eigenvalue weighted by molar-refractivity contribution is 0.0662. The van der Waals surface area contributed by atoms with E-state index in [0.717, 1.165) is 38.3 Å². The maximum absolute atomic E-state index is 10.6. The van der Waals surface area contributed by atoms with Crippen molar-refractivity contribution in [1.29, 1.82) is 0 Å². The maximum atomic E-state index is 10.6. The lowest BCUT2D eigenvalue weighted by Crippen LogP contribution is -2.42. The summed E-state index contributed by atoms with van der Waals surface area (Å²) in [7, 11) is 0. The van der Waals surface area contributed by atoms with E-state index in [-0.39, 0.29) is 5.76 Å². The number of carboxylic acid groups (broad SMARTS) is 1. The molecular weight excluding hydrogens is 196 g/mol. The maximum Gasteiger partial charge on any atom is 0.371 e. The monoisotopic (exact) mass is 210 g/mol. The van der Waals surface area contributed by atoms with Gasteiger partial charge in [-0.1, -0.05) is 0 Å². The van der Waals surface area contributed by atoms with Gasteiger partial charge in [0.15, 0.2) is 0 Å². The van der Waals surface area contributed by atoms with Crippen molar-refractivity contribution < 1.29 is 14.3 Å². The fraction of sp³-hybridized carbons (Fsp3) is 0.500. The Morgan fingerprint density at radius 2 is 2.27 bits per heavy atom. The lowest BCUT2D eigenvalue weighted by Gasteiger charge is -2.26. The minimum atomic E-state index is -1.01. The minimum absolute atomic E-state index is 0.0140. The van der Waals surface area contributed by atoms with E-state index in [1.54, 1.807) is 6.07 Å². The first-order chi connectivity index (χ1) is 7.25. The molecule has 1 aromatic rings. The zero-order valence-corrected chi connectivity index (χ0v) is 8.40. The number of aromatic carboxylic acids is 1. The molecule has 0 unspecified atom stereocenters. The molecule has 0 spiro atoms. The highest BCUT2D eigenvalue weighted by Gasteiger charge is 2.13. The third-order valence-electron chi connectivity index (χ3n) is 2.48. The Morgan fingerprint density at radius 3 is 2.87 bits per heavy atom. The van der Waals surface area contributed by atoms with Crippen LogP contribution in [0.15, 0.2) is 16.7 Å². The van der Waals surface area contributed by atoms with Crippen molar-refractivity contribution in [3.63, 3.8) is 0 Å². The minimum Gasteiger partial charge on any atom is -0.475 e. The van der Waals surface area contributed by atoms with Crippen LogP contribution in [0, 0.1) is 0 Å². The Hall–Kier alpha value is -1.33. The number of furan rings is 1. The SMILES string of the molecule is O=C(O)c1cc(CN2CCNCC2)co1. The molecular formula is C10H14N2O3. The van der Waals surface area contributed by atoms with E-state index in [4.69, 9.17) is 9.52 Å². The van der Waals surface area contributed by atoms with Gasteiger partial charge in [-0.2, -0.15) is 0 Å². The summed E-state index contributed by atoms with van der Waals surface area (Å²) < 4.78 is 4.93. The van der Waals surface area contributed by atoms with Gasteiger partial charge in [-0.15, -0.1) is 0 Å². The van der Waals surface area contributed by atoms with Crippen LogP contribution in [0.2, 0.25) is 0 Å². The summed E-state index contributed by atoms with van der Waals surface area (Å²) >= 11 is 0. The average molecular weight is 210 g/mol. The van der Waals surface area contributed by atoms with Gasteiger partial charge in [-0.3, -0.25) is 4.90 Å². The van der Waals surface area contributed by atoms with Crippen LogP contribution in [0.5, 0.6) is 0 Å². The van der Waals surface area contributed by atoms with Gasteiger partial charge in [0.05, 0.1) is 6.26 Å². The third kappa shape index (κ3) is 2.57. The zero-order chi connectivity index (χ0) is 10.7. The van der Waals surface area contributed by atoms with Crippen molar-refractivity contribution in [2.24, 2.45) is 0 Å². The highest BCUT2D eigenvalue weighted by molar-refractivity contribution is 5.84. The molecule has 15 heavy (non-hydrogen) atoms. The normalized spacial score (nSPS) is 17.9. The van der Waals surface area contributed by atoms with Gasteiger partial charge in [0, 0.05) is 38.3 Å². The molecule has 1 saturated heterocycles. The van der Waals surface area contributed by atoms with Crippen LogP contribution < -0.4 is 5.32 Å². The van der Waals surface area contributed by atoms with Crippen molar-refractivity contribution in [3.8, 4) is 0 Å². The molecule has 0 atom stereocenters. The quantitative estimate of drug-likeness (QED) is 0.755. The number of nitrogens with one attached hydrogen (secondary N) is 1. The second kappa shape index (κ2) is 4.46. The van der Waals surface area contributed by atoms with Gasteiger partial charge in [-0.05, 0) is 6.07 Å². The summed E-state index contributed by atoms with van der Waals surface area (Å²) in [5, 5.41) is 12.0. The Balaban J connectivity index is 1.94. The summed E-state index contributed by atoms with van der Waals surface area (Å²) in [5.41, 5.74) is 0.925. The third-order valence-corrected chi connectivity index (χ3v) is 2.48. The molecule has 0 radical (unpaired) electrons. The van der Waals surface area contributed by atoms with Crippen LogP contribution in [-0.2, 0) is 6.54 Å². The highest BCUT2D eigenvalue weighted by atomic mass is 16.4. The molecule has 0 aliphatic carbocycles. The zero-order valence-electron chi connectivity index (χ0n) is 8.40. The molecule has 0 bridgehead atoms. The number of nitrogens with zero attached hydrogens (tertiary/aromatic N) is 1. The number of rotatable bonds is 3. The molecule has 0 aromatic carbocycles. The topological polar surface area (TPSA) is 65.7 Å². The van der Waals surface area contributed by atoms with E-state index in [0.29, 0.717) is 0 Å². The van der Waals surface area contributed by atoms with E-state index in [2.05, 4.69) is 10.2 Å². The van der Waals surface area contributed by atoms with Gasteiger partial charge in [0.2, 0.25) is 5.76 Å². The van der Waals surface area contributed by atoms with Gasteiger partial charge in [-0.25, -0.2) is 4.79 Å². The molecule has 1 fully saturated rings. The molecule has 2 heterocycles. The Bertz CT molecular complexity index is 342. The van der Waals surface area contributed by atoms with Crippen LogP contribution in [0.4, 0.5) is 0 Å². The first-order valence-electron chi connectivity index (χ1n) is 4.99. The van der Waals surface area contributed by atoms with Gasteiger partial charge < -0.3 is 14.8 Å². The second-order valence-electron chi connectivity index (χ2n) is 3.65. The van der Waals surface area contributed by atoms with E-state index in [1.807, 2.05) is 0 Å². The summed E-state index contributed by atoms with van der Waals surface area (Å²) in [6.45, 7) is 4.73. The van der Waals surface area contributed by atoms with Gasteiger partial charge in [0.1, 0.15) is 0 Å². The lowest BCUT2D eigenvalue weighted by atomic mass is 10.2. The first kappa shape index (κ1) is 10.2. The number of hydrogen-bond acceptors (Lipinski definition) is 4. The smallest absolute Gasteiger partial charge is 0.371 e. The number of carbonyl (C=O) groups is 1. The van der Waals surface area contributed by atoms with Crippen molar-refractivity contribution in [2.45, 2.75) is 6.54 Å². The Kier molecular flexibility index (Phi) is 3.03. The molecule has 0 saturated carbocycles. The van der Waals surface area contributed by atoms with Crippen molar-refractivity contribution in [3.05, 3.63) is 23.7 Å². The summed E-state index contributed by atoms with van der Waals surface area (Å²) in [6, 6.07) is 1.59. The summed E-state index contributed by atoms with van der Waals surface area (Å²) in [5.74, 6) is -0.998. The molecule has 82 valence electrons. The van der Waals surface area contributed by atoms with Crippen molar-refractivity contribution in [2.75, 3.05) is 26.2 Å². The summed E-state index contributed by atoms with van der Waals surface area (Å²) in [4.78, 5) is 12.9. The molecule has 5 heteroatoms. The molecule has 0 amide bonds. The average Bonchev–Trinajstić information content (AvgIpc) is 2.68. The number of carboxylic acids is 1. The van der Waals surface area contributed by atoms with Crippen molar-refractivity contribution in [1.82, 2.24) is 10.2 Å². The first-order valence-corrected chi connectivity index (χ1v) is 4.99.